The number of ether oxygens (including phenoxy) is 1. The molecule has 5 nitrogen and oxygen atoms in total. The lowest BCUT2D eigenvalue weighted by Crippen LogP contribution is -2.34. The molecule has 126 valence electrons. The van der Waals surface area contributed by atoms with Gasteiger partial charge < -0.3 is 15.4 Å². The molecule has 24 heavy (non-hydrogen) atoms. The van der Waals surface area contributed by atoms with Crippen molar-refractivity contribution in [1.29, 1.82) is 0 Å². The third kappa shape index (κ3) is 4.84. The molecule has 1 aromatic heterocycles. The number of amides is 2. The minimum Gasteiger partial charge on any atom is -0.483 e. The number of thiophene rings is 1. The van der Waals surface area contributed by atoms with Crippen molar-refractivity contribution >= 4 is 34.8 Å². The largest absolute Gasteiger partial charge is 0.483 e. The molecule has 0 atom stereocenters. The van der Waals surface area contributed by atoms with Crippen molar-refractivity contribution < 1.29 is 14.3 Å². The van der Waals surface area contributed by atoms with E-state index in [0.717, 1.165) is 4.88 Å². The lowest BCUT2D eigenvalue weighted by atomic mass is 10.2. The molecule has 0 bridgehead atoms. The van der Waals surface area contributed by atoms with Crippen LogP contribution in [0.3, 0.4) is 0 Å². The van der Waals surface area contributed by atoms with Crippen molar-refractivity contribution in [2.75, 3.05) is 13.2 Å². The van der Waals surface area contributed by atoms with Gasteiger partial charge in [-0.05, 0) is 24.3 Å². The zero-order valence-corrected chi connectivity index (χ0v) is 14.5. The van der Waals surface area contributed by atoms with Gasteiger partial charge in [-0.3, -0.25) is 9.59 Å². The van der Waals surface area contributed by atoms with Crippen molar-refractivity contribution in [3.05, 3.63) is 63.8 Å². The first-order chi connectivity index (χ1) is 11.5. The first-order valence-corrected chi connectivity index (χ1v) is 8.35. The predicted molar refractivity (Wildman–Crippen MR) is 95.4 cm³/mol. The van der Waals surface area contributed by atoms with Crippen LogP contribution in [0.4, 0.5) is 0 Å². The van der Waals surface area contributed by atoms with Crippen LogP contribution in [0.25, 0.3) is 0 Å². The summed E-state index contributed by atoms with van der Waals surface area (Å²) >= 11 is 7.33. The standard InChI is InChI=1S/C17H17ClN2O3S/c1-2-9-20(10-12-7-8-15(18)24-12)16(21)11-23-14-6-4-3-5-13(14)17(19)22/h2-8H,1,9-11H2,(H2,19,22). The topological polar surface area (TPSA) is 72.6 Å². The van der Waals surface area contributed by atoms with Gasteiger partial charge in [0.05, 0.1) is 16.4 Å². The van der Waals surface area contributed by atoms with Crippen LogP contribution in [0.2, 0.25) is 4.34 Å². The molecule has 7 heteroatoms. The predicted octanol–water partition coefficient (Wildman–Crippen LogP) is 3.09. The Morgan fingerprint density at radius 3 is 2.67 bits per heavy atom. The number of carbonyl (C=O) groups excluding carboxylic acids is 2. The van der Waals surface area contributed by atoms with Gasteiger partial charge >= 0.3 is 0 Å². The molecule has 0 fully saturated rings. The third-order valence-corrected chi connectivity index (χ3v) is 4.40. The molecule has 0 aliphatic carbocycles. The second-order valence-electron chi connectivity index (χ2n) is 4.92. The van der Waals surface area contributed by atoms with Gasteiger partial charge in [0.25, 0.3) is 11.8 Å². The highest BCUT2D eigenvalue weighted by atomic mass is 35.5. The van der Waals surface area contributed by atoms with Crippen LogP contribution in [-0.4, -0.2) is 29.9 Å². The Morgan fingerprint density at radius 2 is 2.04 bits per heavy atom. The highest BCUT2D eigenvalue weighted by Crippen LogP contribution is 2.23. The van der Waals surface area contributed by atoms with Crippen LogP contribution in [-0.2, 0) is 11.3 Å². The minimum absolute atomic E-state index is 0.197. The highest BCUT2D eigenvalue weighted by Gasteiger charge is 2.16. The second-order valence-corrected chi connectivity index (χ2v) is 6.72. The van der Waals surface area contributed by atoms with Crippen LogP contribution < -0.4 is 10.5 Å². The summed E-state index contributed by atoms with van der Waals surface area (Å²) in [6, 6.07) is 10.2. The van der Waals surface area contributed by atoms with E-state index in [9.17, 15) is 9.59 Å². The molecule has 2 rings (SSSR count). The summed E-state index contributed by atoms with van der Waals surface area (Å²) in [5.41, 5.74) is 5.54. The first kappa shape index (κ1) is 18.0. The van der Waals surface area contributed by atoms with E-state index >= 15 is 0 Å². The van der Waals surface area contributed by atoms with E-state index < -0.39 is 5.91 Å². The molecule has 1 aromatic carbocycles. The Kier molecular flexibility index (Phi) is 6.40. The number of primary amides is 1. The maximum absolute atomic E-state index is 12.4. The van der Waals surface area contributed by atoms with E-state index in [1.807, 2.05) is 6.07 Å². The number of carbonyl (C=O) groups is 2. The van der Waals surface area contributed by atoms with Gasteiger partial charge in [-0.2, -0.15) is 0 Å². The number of hydrogen-bond donors (Lipinski definition) is 1. The monoisotopic (exact) mass is 364 g/mol. The fourth-order valence-corrected chi connectivity index (χ4v) is 3.17. The van der Waals surface area contributed by atoms with Crippen LogP contribution in [0.15, 0.2) is 49.1 Å². The Labute approximate surface area is 149 Å². The molecule has 0 aliphatic heterocycles. The zero-order chi connectivity index (χ0) is 17.5. The van der Waals surface area contributed by atoms with Gasteiger partial charge in [-0.25, -0.2) is 0 Å². The zero-order valence-electron chi connectivity index (χ0n) is 12.9. The Bertz CT molecular complexity index is 745. The van der Waals surface area contributed by atoms with Crippen LogP contribution in [0.5, 0.6) is 5.75 Å². The summed E-state index contributed by atoms with van der Waals surface area (Å²) in [5, 5.41) is 0. The molecule has 0 spiro atoms. The van der Waals surface area contributed by atoms with Crippen LogP contribution in [0, 0.1) is 0 Å². The van der Waals surface area contributed by atoms with Crippen molar-refractivity contribution in [3.8, 4) is 5.75 Å². The first-order valence-electron chi connectivity index (χ1n) is 7.15. The van der Waals surface area contributed by atoms with Gasteiger partial charge in [0.2, 0.25) is 0 Å². The quantitative estimate of drug-likeness (QED) is 0.731. The van der Waals surface area contributed by atoms with Gasteiger partial charge in [-0.15, -0.1) is 17.9 Å². The number of para-hydroxylation sites is 1. The smallest absolute Gasteiger partial charge is 0.261 e. The van der Waals surface area contributed by atoms with Crippen LogP contribution in [0.1, 0.15) is 15.2 Å². The summed E-state index contributed by atoms with van der Waals surface area (Å²) in [5.74, 6) is -0.538. The molecule has 2 amide bonds. The SMILES string of the molecule is C=CCN(Cc1ccc(Cl)s1)C(=O)COc1ccccc1C(N)=O. The maximum Gasteiger partial charge on any atom is 0.261 e. The number of nitrogens with zero attached hydrogens (tertiary/aromatic N) is 1. The lowest BCUT2D eigenvalue weighted by Gasteiger charge is -2.21. The van der Waals surface area contributed by atoms with E-state index in [1.165, 1.54) is 11.3 Å². The molecule has 0 saturated carbocycles. The summed E-state index contributed by atoms with van der Waals surface area (Å²) < 4.78 is 6.15. The summed E-state index contributed by atoms with van der Waals surface area (Å²) in [6.45, 7) is 4.27. The highest BCUT2D eigenvalue weighted by molar-refractivity contribution is 7.16. The van der Waals surface area contributed by atoms with Gasteiger partial charge in [0.15, 0.2) is 6.61 Å². The molecule has 2 N–H and O–H groups in total. The van der Waals surface area contributed by atoms with Crippen molar-refractivity contribution in [1.82, 2.24) is 4.90 Å². The molecule has 2 aromatic rings. The molecular weight excluding hydrogens is 348 g/mol. The average molecular weight is 365 g/mol. The van der Waals surface area contributed by atoms with Gasteiger partial charge in [0, 0.05) is 11.4 Å². The summed E-state index contributed by atoms with van der Waals surface area (Å²) in [6.07, 6.45) is 1.64. The summed E-state index contributed by atoms with van der Waals surface area (Å²) in [7, 11) is 0. The van der Waals surface area contributed by atoms with E-state index in [1.54, 1.807) is 41.3 Å². The van der Waals surface area contributed by atoms with E-state index in [4.69, 9.17) is 22.1 Å². The van der Waals surface area contributed by atoms with Gasteiger partial charge in [-0.1, -0.05) is 29.8 Å². The molecule has 0 saturated heterocycles. The fourth-order valence-electron chi connectivity index (χ4n) is 2.06. The molecular formula is C17H17ClN2O3S. The van der Waals surface area contributed by atoms with E-state index in [-0.39, 0.29) is 23.8 Å². The second kappa shape index (κ2) is 8.52. The number of halogens is 1. The van der Waals surface area contributed by atoms with Crippen molar-refractivity contribution in [3.63, 3.8) is 0 Å². The summed E-state index contributed by atoms with van der Waals surface area (Å²) in [4.78, 5) is 26.3. The third-order valence-electron chi connectivity index (χ3n) is 3.18. The van der Waals surface area contributed by atoms with Crippen molar-refractivity contribution in [2.24, 2.45) is 5.73 Å². The van der Waals surface area contributed by atoms with Crippen LogP contribution >= 0.6 is 22.9 Å². The Hall–Kier alpha value is -2.31. The Morgan fingerprint density at radius 1 is 1.29 bits per heavy atom. The molecule has 0 aliphatic rings. The maximum atomic E-state index is 12.4. The fraction of sp³-hybridized carbons (Fsp3) is 0.176. The molecule has 0 radical (unpaired) electrons. The molecule has 0 unspecified atom stereocenters. The minimum atomic E-state index is -0.603. The number of benzene rings is 1. The Balaban J connectivity index is 2.03. The average Bonchev–Trinajstić information content (AvgIpc) is 2.97. The van der Waals surface area contributed by atoms with Crippen molar-refractivity contribution in [2.45, 2.75) is 6.54 Å². The van der Waals surface area contributed by atoms with Gasteiger partial charge in [0.1, 0.15) is 5.75 Å². The normalized spacial score (nSPS) is 10.2. The molecule has 1 heterocycles. The number of nitrogens with two attached hydrogens (primary N) is 1. The number of hydrogen-bond acceptors (Lipinski definition) is 4. The lowest BCUT2D eigenvalue weighted by molar-refractivity contribution is -0.133. The van der Waals surface area contributed by atoms with E-state index in [0.29, 0.717) is 17.4 Å². The van der Waals surface area contributed by atoms with E-state index in [2.05, 4.69) is 6.58 Å². The number of rotatable bonds is 8.